The summed E-state index contributed by atoms with van der Waals surface area (Å²) in [5.41, 5.74) is 1.89. The summed E-state index contributed by atoms with van der Waals surface area (Å²) in [6.45, 7) is 1.92. The molecule has 1 N–H and O–H groups in total. The maximum atomic E-state index is 11.3. The van der Waals surface area contributed by atoms with Crippen molar-refractivity contribution >= 4 is 17.7 Å². The number of aryl methyl sites for hydroxylation is 1. The lowest BCUT2D eigenvalue weighted by Gasteiger charge is -2.09. The van der Waals surface area contributed by atoms with Gasteiger partial charge in [-0.1, -0.05) is 6.07 Å². The molecule has 0 bridgehead atoms. The third-order valence-electron chi connectivity index (χ3n) is 2.40. The highest BCUT2D eigenvalue weighted by atomic mass is 32.2. The van der Waals surface area contributed by atoms with Crippen LogP contribution >= 0.6 is 11.8 Å². The van der Waals surface area contributed by atoms with Gasteiger partial charge in [-0.2, -0.15) is 5.10 Å². The van der Waals surface area contributed by atoms with Gasteiger partial charge in [0.1, 0.15) is 0 Å². The van der Waals surface area contributed by atoms with Gasteiger partial charge in [0, 0.05) is 11.1 Å². The Bertz CT molecular complexity index is 563. The van der Waals surface area contributed by atoms with E-state index in [0.717, 1.165) is 10.5 Å². The minimum atomic E-state index is -0.932. The number of hydrogen-bond acceptors (Lipinski definition) is 3. The molecule has 0 radical (unpaired) electrons. The molecule has 1 heterocycles. The van der Waals surface area contributed by atoms with Crippen LogP contribution in [0, 0.1) is 6.92 Å². The predicted molar refractivity (Wildman–Crippen MR) is 67.0 cm³/mol. The third-order valence-corrected chi connectivity index (χ3v) is 3.18. The number of aromatic carboxylic acids is 1. The maximum Gasteiger partial charge on any atom is 0.339 e. The molecule has 2 rings (SSSR count). The number of rotatable bonds is 3. The molecule has 88 valence electrons. The number of thioether (sulfide) groups is 1. The van der Waals surface area contributed by atoms with Crippen LogP contribution in [0.2, 0.25) is 0 Å². The summed E-state index contributed by atoms with van der Waals surface area (Å²) in [5.74, 6) is -0.932. The summed E-state index contributed by atoms with van der Waals surface area (Å²) in [6.07, 6.45) is 5.38. The van der Waals surface area contributed by atoms with Gasteiger partial charge >= 0.3 is 5.97 Å². The van der Waals surface area contributed by atoms with Crippen molar-refractivity contribution in [1.82, 2.24) is 9.78 Å². The minimum absolute atomic E-state index is 0.295. The minimum Gasteiger partial charge on any atom is -0.478 e. The summed E-state index contributed by atoms with van der Waals surface area (Å²) in [7, 11) is 0. The second-order valence-electron chi connectivity index (χ2n) is 3.62. The molecule has 1 aromatic carbocycles. The summed E-state index contributed by atoms with van der Waals surface area (Å²) < 4.78 is 1.60. The number of carboxylic acids is 1. The van der Waals surface area contributed by atoms with Crippen molar-refractivity contribution in [1.29, 1.82) is 0 Å². The zero-order valence-electron chi connectivity index (χ0n) is 9.54. The fraction of sp³-hybridized carbons (Fsp3) is 0.167. The second-order valence-corrected chi connectivity index (χ2v) is 4.47. The molecule has 0 aliphatic heterocycles. The molecule has 17 heavy (non-hydrogen) atoms. The van der Waals surface area contributed by atoms with Crippen molar-refractivity contribution in [3.8, 4) is 5.69 Å². The van der Waals surface area contributed by atoms with E-state index >= 15 is 0 Å². The normalized spacial score (nSPS) is 10.5. The predicted octanol–water partition coefficient (Wildman–Crippen LogP) is 2.60. The Morgan fingerprint density at radius 3 is 2.76 bits per heavy atom. The molecule has 1 aromatic heterocycles. The van der Waals surface area contributed by atoms with Crippen LogP contribution in [0.4, 0.5) is 0 Å². The fourth-order valence-corrected chi connectivity index (χ4v) is 2.25. The van der Waals surface area contributed by atoms with E-state index in [1.54, 1.807) is 23.0 Å². The standard InChI is InChI=1S/C12H12N2O2S/c1-8-6-13-14(7-8)9-4-3-5-10(17-2)11(9)12(15)16/h3-7H,1-2H3,(H,15,16). The second kappa shape index (κ2) is 4.63. The lowest BCUT2D eigenvalue weighted by molar-refractivity contribution is 0.0693. The van der Waals surface area contributed by atoms with Crippen molar-refractivity contribution in [2.45, 2.75) is 11.8 Å². The van der Waals surface area contributed by atoms with E-state index in [0.29, 0.717) is 11.3 Å². The van der Waals surface area contributed by atoms with Gasteiger partial charge in [0.25, 0.3) is 0 Å². The zero-order chi connectivity index (χ0) is 12.4. The number of hydrogen-bond donors (Lipinski definition) is 1. The Hall–Kier alpha value is -1.75. The first-order chi connectivity index (χ1) is 8.13. The van der Waals surface area contributed by atoms with Gasteiger partial charge in [0.05, 0.1) is 17.4 Å². The number of nitrogens with zero attached hydrogens (tertiary/aromatic N) is 2. The Kier molecular flexibility index (Phi) is 3.19. The molecule has 0 amide bonds. The fourth-order valence-electron chi connectivity index (χ4n) is 1.64. The molecule has 0 unspecified atom stereocenters. The van der Waals surface area contributed by atoms with Crippen molar-refractivity contribution < 1.29 is 9.90 Å². The van der Waals surface area contributed by atoms with Crippen LogP contribution in [0.3, 0.4) is 0 Å². The average molecular weight is 248 g/mol. The Morgan fingerprint density at radius 1 is 1.47 bits per heavy atom. The topological polar surface area (TPSA) is 55.1 Å². The molecule has 5 heteroatoms. The number of benzene rings is 1. The van der Waals surface area contributed by atoms with E-state index in [1.165, 1.54) is 11.8 Å². The Morgan fingerprint density at radius 2 is 2.24 bits per heavy atom. The molecule has 0 spiro atoms. The number of carboxylic acid groups (broad SMARTS) is 1. The highest BCUT2D eigenvalue weighted by Gasteiger charge is 2.16. The van der Waals surface area contributed by atoms with Gasteiger partial charge in [0.15, 0.2) is 0 Å². The third kappa shape index (κ3) is 2.19. The highest BCUT2D eigenvalue weighted by Crippen LogP contribution is 2.26. The molecular formula is C12H12N2O2S. The summed E-state index contributed by atoms with van der Waals surface area (Å²) in [4.78, 5) is 12.1. The monoisotopic (exact) mass is 248 g/mol. The number of carbonyl (C=O) groups is 1. The first-order valence-electron chi connectivity index (χ1n) is 5.05. The van der Waals surface area contributed by atoms with Gasteiger partial charge in [-0.05, 0) is 30.9 Å². The molecule has 0 atom stereocenters. The van der Waals surface area contributed by atoms with Crippen molar-refractivity contribution in [2.75, 3.05) is 6.26 Å². The smallest absolute Gasteiger partial charge is 0.339 e. The first kappa shape index (κ1) is 11.7. The molecule has 0 aliphatic rings. The largest absolute Gasteiger partial charge is 0.478 e. The van der Waals surface area contributed by atoms with Gasteiger partial charge in [-0.3, -0.25) is 0 Å². The zero-order valence-corrected chi connectivity index (χ0v) is 10.4. The van der Waals surface area contributed by atoms with E-state index < -0.39 is 5.97 Å². The van der Waals surface area contributed by atoms with E-state index in [1.807, 2.05) is 25.4 Å². The van der Waals surface area contributed by atoms with Crippen molar-refractivity contribution in [2.24, 2.45) is 0 Å². The summed E-state index contributed by atoms with van der Waals surface area (Å²) >= 11 is 1.42. The molecular weight excluding hydrogens is 236 g/mol. The van der Waals surface area contributed by atoms with Gasteiger partial charge < -0.3 is 5.11 Å². The quantitative estimate of drug-likeness (QED) is 0.848. The summed E-state index contributed by atoms with van der Waals surface area (Å²) in [5, 5.41) is 13.4. The van der Waals surface area contributed by atoms with Crippen LogP contribution in [0.15, 0.2) is 35.5 Å². The lowest BCUT2D eigenvalue weighted by Crippen LogP contribution is -2.07. The van der Waals surface area contributed by atoms with Crippen molar-refractivity contribution in [3.63, 3.8) is 0 Å². The van der Waals surface area contributed by atoms with E-state index in [4.69, 9.17) is 0 Å². The summed E-state index contributed by atoms with van der Waals surface area (Å²) in [6, 6.07) is 5.40. The Labute approximate surface area is 103 Å². The van der Waals surface area contributed by atoms with Crippen LogP contribution < -0.4 is 0 Å². The van der Waals surface area contributed by atoms with Crippen LogP contribution in [-0.2, 0) is 0 Å². The van der Waals surface area contributed by atoms with Gasteiger partial charge in [0.2, 0.25) is 0 Å². The lowest BCUT2D eigenvalue weighted by atomic mass is 10.2. The highest BCUT2D eigenvalue weighted by molar-refractivity contribution is 7.98. The molecule has 0 saturated carbocycles. The SMILES string of the molecule is CSc1cccc(-n2cc(C)cn2)c1C(=O)O. The molecule has 0 fully saturated rings. The maximum absolute atomic E-state index is 11.3. The molecule has 0 saturated heterocycles. The van der Waals surface area contributed by atoms with Crippen LogP contribution in [-0.4, -0.2) is 27.1 Å². The van der Waals surface area contributed by atoms with Crippen LogP contribution in [0.5, 0.6) is 0 Å². The molecule has 0 aliphatic carbocycles. The Balaban J connectivity index is 2.65. The average Bonchev–Trinajstić information content (AvgIpc) is 2.74. The van der Waals surface area contributed by atoms with E-state index in [9.17, 15) is 9.90 Å². The number of aromatic nitrogens is 2. The molecule has 4 nitrogen and oxygen atoms in total. The van der Waals surface area contributed by atoms with Crippen LogP contribution in [0.25, 0.3) is 5.69 Å². The van der Waals surface area contributed by atoms with E-state index in [2.05, 4.69) is 5.10 Å². The molecule has 2 aromatic rings. The van der Waals surface area contributed by atoms with Crippen LogP contribution in [0.1, 0.15) is 15.9 Å². The van der Waals surface area contributed by atoms with E-state index in [-0.39, 0.29) is 0 Å². The first-order valence-corrected chi connectivity index (χ1v) is 6.28. The van der Waals surface area contributed by atoms with Crippen molar-refractivity contribution in [3.05, 3.63) is 41.7 Å². The van der Waals surface area contributed by atoms with Gasteiger partial charge in [-0.15, -0.1) is 11.8 Å². The van der Waals surface area contributed by atoms with Gasteiger partial charge in [-0.25, -0.2) is 9.48 Å².